The van der Waals surface area contributed by atoms with E-state index in [0.717, 1.165) is 12.1 Å². The highest BCUT2D eigenvalue weighted by molar-refractivity contribution is 14.1. The number of benzene rings is 1. The third kappa shape index (κ3) is 2.54. The molecule has 1 aromatic heterocycles. The molecule has 2 rings (SSSR count). The molecule has 0 radical (unpaired) electrons. The second-order valence-electron chi connectivity index (χ2n) is 3.13. The van der Waals surface area contributed by atoms with Crippen molar-refractivity contribution >= 4 is 22.6 Å². The van der Waals surface area contributed by atoms with Crippen LogP contribution in [0, 0.1) is 3.57 Å². The lowest BCUT2D eigenvalue weighted by atomic mass is 10.1. The van der Waals surface area contributed by atoms with E-state index in [-0.39, 0.29) is 0 Å². The van der Waals surface area contributed by atoms with Crippen LogP contribution in [0.15, 0.2) is 48.7 Å². The number of aromatic nitrogens is 1. The monoisotopic (exact) mass is 295 g/mol. The topological polar surface area (TPSA) is 12.9 Å². The van der Waals surface area contributed by atoms with Crippen molar-refractivity contribution in [2.45, 2.75) is 6.42 Å². The van der Waals surface area contributed by atoms with Gasteiger partial charge in [-0.1, -0.05) is 18.2 Å². The normalized spacial score (nSPS) is 10.1. The lowest BCUT2D eigenvalue weighted by molar-refractivity contribution is 1.07. The van der Waals surface area contributed by atoms with Crippen molar-refractivity contribution in [1.82, 2.24) is 4.98 Å². The molecule has 2 aromatic rings. The van der Waals surface area contributed by atoms with Crippen molar-refractivity contribution in [1.29, 1.82) is 0 Å². The Bertz CT molecular complexity index is 412. The first-order valence-electron chi connectivity index (χ1n) is 4.49. The third-order valence-corrected chi connectivity index (χ3v) is 2.67. The number of nitrogens with zero attached hydrogens (tertiary/aromatic N) is 1. The van der Waals surface area contributed by atoms with Gasteiger partial charge in [0.05, 0.1) is 0 Å². The first-order valence-corrected chi connectivity index (χ1v) is 5.57. The highest BCUT2D eigenvalue weighted by Crippen LogP contribution is 2.11. The number of halogens is 1. The molecular formula is C12H10IN. The minimum atomic E-state index is 0.914. The zero-order valence-corrected chi connectivity index (χ0v) is 9.81. The Hall–Kier alpha value is -0.900. The van der Waals surface area contributed by atoms with E-state index in [1.165, 1.54) is 9.13 Å². The molecule has 70 valence electrons. The maximum Gasteiger partial charge on any atom is 0.0447 e. The van der Waals surface area contributed by atoms with Crippen molar-refractivity contribution in [3.63, 3.8) is 0 Å². The molecule has 0 saturated heterocycles. The summed E-state index contributed by atoms with van der Waals surface area (Å²) in [5.74, 6) is 0. The van der Waals surface area contributed by atoms with Crippen LogP contribution in [0.1, 0.15) is 11.3 Å². The molecule has 0 atom stereocenters. The van der Waals surface area contributed by atoms with E-state index in [1.54, 1.807) is 0 Å². The molecule has 0 spiro atoms. The summed E-state index contributed by atoms with van der Waals surface area (Å²) in [6, 6.07) is 14.5. The molecule has 0 aliphatic carbocycles. The third-order valence-electron chi connectivity index (χ3n) is 2.00. The molecule has 0 fully saturated rings. The van der Waals surface area contributed by atoms with E-state index >= 15 is 0 Å². The van der Waals surface area contributed by atoms with Gasteiger partial charge in [0, 0.05) is 21.9 Å². The minimum Gasteiger partial charge on any atom is -0.261 e. The Kier molecular flexibility index (Phi) is 3.14. The lowest BCUT2D eigenvalue weighted by Gasteiger charge is -2.00. The largest absolute Gasteiger partial charge is 0.261 e. The van der Waals surface area contributed by atoms with E-state index < -0.39 is 0 Å². The zero-order valence-electron chi connectivity index (χ0n) is 7.65. The van der Waals surface area contributed by atoms with Crippen molar-refractivity contribution in [3.05, 3.63) is 63.5 Å². The second-order valence-corrected chi connectivity index (χ2v) is 4.37. The number of rotatable bonds is 2. The smallest absolute Gasteiger partial charge is 0.0447 e. The molecule has 0 saturated carbocycles. The van der Waals surface area contributed by atoms with Crippen LogP contribution in [0.2, 0.25) is 0 Å². The van der Waals surface area contributed by atoms with Crippen LogP contribution in [-0.4, -0.2) is 4.98 Å². The summed E-state index contributed by atoms with van der Waals surface area (Å²) in [7, 11) is 0. The van der Waals surface area contributed by atoms with E-state index in [2.05, 4.69) is 57.9 Å². The van der Waals surface area contributed by atoms with Crippen molar-refractivity contribution < 1.29 is 0 Å². The van der Waals surface area contributed by atoms with E-state index in [0.29, 0.717) is 0 Å². The minimum absolute atomic E-state index is 0.914. The second kappa shape index (κ2) is 4.55. The summed E-state index contributed by atoms with van der Waals surface area (Å²) in [6.07, 6.45) is 2.75. The Morgan fingerprint density at radius 2 is 2.00 bits per heavy atom. The highest BCUT2D eigenvalue weighted by atomic mass is 127. The van der Waals surface area contributed by atoms with Gasteiger partial charge in [0.1, 0.15) is 0 Å². The maximum atomic E-state index is 4.30. The predicted octanol–water partition coefficient (Wildman–Crippen LogP) is 3.28. The standard InChI is InChI=1S/C12H10IN/c13-11-5-3-4-10(8-11)9-12-6-1-2-7-14-12/h1-8H,9H2. The van der Waals surface area contributed by atoms with Crippen LogP contribution in [-0.2, 0) is 6.42 Å². The average molecular weight is 295 g/mol. The molecule has 0 bridgehead atoms. The number of hydrogen-bond donors (Lipinski definition) is 0. The molecule has 0 amide bonds. The Labute approximate surface area is 97.3 Å². The Morgan fingerprint density at radius 3 is 2.71 bits per heavy atom. The van der Waals surface area contributed by atoms with Crippen LogP contribution in [0.25, 0.3) is 0 Å². The fourth-order valence-corrected chi connectivity index (χ4v) is 1.97. The average Bonchev–Trinajstić information content (AvgIpc) is 2.19. The molecule has 0 N–H and O–H groups in total. The lowest BCUT2D eigenvalue weighted by Crippen LogP contribution is -1.91. The summed E-state index contributed by atoms with van der Waals surface area (Å²) in [6.45, 7) is 0. The molecule has 2 heteroatoms. The van der Waals surface area contributed by atoms with Crippen LogP contribution in [0.5, 0.6) is 0 Å². The SMILES string of the molecule is Ic1cccc(Cc2ccccn2)c1. The van der Waals surface area contributed by atoms with E-state index in [1.807, 2.05) is 18.3 Å². The van der Waals surface area contributed by atoms with Gasteiger partial charge in [0.25, 0.3) is 0 Å². The molecule has 1 heterocycles. The molecule has 0 unspecified atom stereocenters. The van der Waals surface area contributed by atoms with Gasteiger partial charge in [-0.25, -0.2) is 0 Å². The quantitative estimate of drug-likeness (QED) is 0.775. The molecule has 1 aromatic carbocycles. The van der Waals surface area contributed by atoms with Gasteiger partial charge in [0.2, 0.25) is 0 Å². The van der Waals surface area contributed by atoms with Crippen LogP contribution < -0.4 is 0 Å². The van der Waals surface area contributed by atoms with E-state index in [4.69, 9.17) is 0 Å². The molecular weight excluding hydrogens is 285 g/mol. The summed E-state index contributed by atoms with van der Waals surface area (Å²) >= 11 is 2.33. The maximum absolute atomic E-state index is 4.30. The molecule has 1 nitrogen and oxygen atoms in total. The Balaban J connectivity index is 2.19. The molecule has 0 aliphatic rings. The van der Waals surface area contributed by atoms with Gasteiger partial charge < -0.3 is 0 Å². The Morgan fingerprint density at radius 1 is 1.07 bits per heavy atom. The highest BCUT2D eigenvalue weighted by Gasteiger charge is 1.96. The summed E-state index contributed by atoms with van der Waals surface area (Å²) in [4.78, 5) is 4.30. The first-order chi connectivity index (χ1) is 6.84. The van der Waals surface area contributed by atoms with Gasteiger partial charge >= 0.3 is 0 Å². The summed E-state index contributed by atoms with van der Waals surface area (Å²) < 4.78 is 1.27. The first kappa shape index (κ1) is 9.65. The fourth-order valence-electron chi connectivity index (χ4n) is 1.36. The summed E-state index contributed by atoms with van der Waals surface area (Å²) in [5.41, 5.74) is 2.44. The van der Waals surface area contributed by atoms with E-state index in [9.17, 15) is 0 Å². The molecule has 14 heavy (non-hydrogen) atoms. The van der Waals surface area contributed by atoms with Crippen LogP contribution >= 0.6 is 22.6 Å². The van der Waals surface area contributed by atoms with Gasteiger partial charge in [-0.15, -0.1) is 0 Å². The van der Waals surface area contributed by atoms with Crippen LogP contribution in [0.4, 0.5) is 0 Å². The van der Waals surface area contributed by atoms with Gasteiger partial charge in [-0.05, 0) is 52.4 Å². The molecule has 0 aliphatic heterocycles. The number of hydrogen-bond acceptors (Lipinski definition) is 1. The van der Waals surface area contributed by atoms with Crippen molar-refractivity contribution in [2.75, 3.05) is 0 Å². The zero-order chi connectivity index (χ0) is 9.80. The predicted molar refractivity (Wildman–Crippen MR) is 66.2 cm³/mol. The van der Waals surface area contributed by atoms with Gasteiger partial charge in [0.15, 0.2) is 0 Å². The number of pyridine rings is 1. The van der Waals surface area contributed by atoms with Gasteiger partial charge in [-0.3, -0.25) is 4.98 Å². The summed E-state index contributed by atoms with van der Waals surface area (Å²) in [5, 5.41) is 0. The van der Waals surface area contributed by atoms with Crippen LogP contribution in [0.3, 0.4) is 0 Å². The fraction of sp³-hybridized carbons (Fsp3) is 0.0833. The van der Waals surface area contributed by atoms with Crippen molar-refractivity contribution in [2.24, 2.45) is 0 Å². The van der Waals surface area contributed by atoms with Gasteiger partial charge in [-0.2, -0.15) is 0 Å². The van der Waals surface area contributed by atoms with Crippen molar-refractivity contribution in [3.8, 4) is 0 Å².